The normalized spacial score (nSPS) is 13.4. The van der Waals surface area contributed by atoms with Crippen molar-refractivity contribution in [1.29, 1.82) is 0 Å². The number of nitrogens with one attached hydrogen (secondary N) is 2. The Morgan fingerprint density at radius 2 is 1.87 bits per heavy atom. The SMILES string of the molecule is CC(C)(C)OC(=O)N1CCc2nc(NC(=O)CNC(=O)c3cc(F)cc(F)c3)sc2C1. The molecule has 166 valence electrons. The van der Waals surface area contributed by atoms with E-state index in [-0.39, 0.29) is 5.56 Å². The molecule has 2 N–H and O–H groups in total. The number of halogens is 2. The molecule has 2 aromatic rings. The van der Waals surface area contributed by atoms with Gasteiger partial charge < -0.3 is 20.3 Å². The first kappa shape index (κ1) is 22.6. The van der Waals surface area contributed by atoms with E-state index in [4.69, 9.17) is 4.74 Å². The first-order valence-corrected chi connectivity index (χ1v) is 10.3. The van der Waals surface area contributed by atoms with Crippen LogP contribution in [0.2, 0.25) is 0 Å². The van der Waals surface area contributed by atoms with E-state index >= 15 is 0 Å². The molecule has 0 atom stereocenters. The number of benzene rings is 1. The highest BCUT2D eigenvalue weighted by molar-refractivity contribution is 7.15. The molecule has 3 amide bonds. The van der Waals surface area contributed by atoms with E-state index in [1.54, 1.807) is 25.7 Å². The summed E-state index contributed by atoms with van der Waals surface area (Å²) in [6, 6.07) is 2.40. The van der Waals surface area contributed by atoms with E-state index < -0.39 is 41.7 Å². The van der Waals surface area contributed by atoms with Crippen LogP contribution in [0.25, 0.3) is 0 Å². The number of hydrogen-bond donors (Lipinski definition) is 2. The Kier molecular flexibility index (Phi) is 6.54. The number of ether oxygens (including phenoxy) is 1. The second kappa shape index (κ2) is 8.96. The van der Waals surface area contributed by atoms with Crippen molar-refractivity contribution in [3.05, 3.63) is 46.0 Å². The number of aromatic nitrogens is 1. The van der Waals surface area contributed by atoms with Gasteiger partial charge >= 0.3 is 6.09 Å². The van der Waals surface area contributed by atoms with Crippen molar-refractivity contribution in [2.45, 2.75) is 39.3 Å². The summed E-state index contributed by atoms with van der Waals surface area (Å²) in [5.41, 5.74) is -0.0250. The van der Waals surface area contributed by atoms with Crippen molar-refractivity contribution in [3.63, 3.8) is 0 Å². The Balaban J connectivity index is 1.54. The Morgan fingerprint density at radius 3 is 2.52 bits per heavy atom. The number of carbonyl (C=O) groups excluding carboxylic acids is 3. The number of hydrogen-bond acceptors (Lipinski definition) is 6. The highest BCUT2D eigenvalue weighted by Gasteiger charge is 2.28. The standard InChI is InChI=1S/C20H22F2N4O4S/c1-20(2,3)30-19(29)26-5-4-14-15(10-26)31-18(24-14)25-16(27)9-23-17(28)11-6-12(21)8-13(22)7-11/h6-8H,4-5,9-10H2,1-3H3,(H,23,28)(H,24,25,27). The summed E-state index contributed by atoms with van der Waals surface area (Å²) in [5.74, 6) is -3.09. The monoisotopic (exact) mass is 452 g/mol. The number of carbonyl (C=O) groups is 3. The molecule has 1 aromatic carbocycles. The summed E-state index contributed by atoms with van der Waals surface area (Å²) < 4.78 is 31.8. The molecule has 0 saturated heterocycles. The highest BCUT2D eigenvalue weighted by atomic mass is 32.1. The quantitative estimate of drug-likeness (QED) is 0.743. The number of amides is 3. The Hall–Kier alpha value is -3.08. The molecular formula is C20H22F2N4O4S. The van der Waals surface area contributed by atoms with Crippen LogP contribution in [0.4, 0.5) is 18.7 Å². The Morgan fingerprint density at radius 1 is 1.19 bits per heavy atom. The van der Waals surface area contributed by atoms with Gasteiger partial charge in [0.2, 0.25) is 5.91 Å². The fraction of sp³-hybridized carbons (Fsp3) is 0.400. The predicted molar refractivity (Wildman–Crippen MR) is 110 cm³/mol. The third kappa shape index (κ3) is 6.20. The first-order chi connectivity index (χ1) is 14.5. The lowest BCUT2D eigenvalue weighted by atomic mass is 10.2. The van der Waals surface area contributed by atoms with Crippen molar-refractivity contribution in [2.24, 2.45) is 0 Å². The van der Waals surface area contributed by atoms with Crippen LogP contribution in [-0.4, -0.2) is 46.5 Å². The zero-order valence-corrected chi connectivity index (χ0v) is 18.1. The molecule has 0 spiro atoms. The van der Waals surface area contributed by atoms with Gasteiger partial charge in [-0.3, -0.25) is 9.59 Å². The van der Waals surface area contributed by atoms with Crippen LogP contribution in [0.1, 0.15) is 41.7 Å². The number of thiazole rings is 1. The van der Waals surface area contributed by atoms with Crippen LogP contribution >= 0.6 is 11.3 Å². The molecule has 11 heteroatoms. The summed E-state index contributed by atoms with van der Waals surface area (Å²) in [7, 11) is 0. The molecule has 0 fully saturated rings. The molecule has 0 radical (unpaired) electrons. The van der Waals surface area contributed by atoms with Crippen LogP contribution < -0.4 is 10.6 Å². The lowest BCUT2D eigenvalue weighted by Crippen LogP contribution is -2.39. The van der Waals surface area contributed by atoms with E-state index in [1.807, 2.05) is 0 Å². The van der Waals surface area contributed by atoms with E-state index in [9.17, 15) is 23.2 Å². The third-order valence-electron chi connectivity index (χ3n) is 4.16. The van der Waals surface area contributed by atoms with Crippen molar-refractivity contribution < 1.29 is 27.9 Å². The maximum Gasteiger partial charge on any atom is 0.410 e. The first-order valence-electron chi connectivity index (χ1n) is 9.51. The Labute approximate surface area is 181 Å². The molecule has 0 bridgehead atoms. The van der Waals surface area contributed by atoms with Crippen LogP contribution in [0.3, 0.4) is 0 Å². The summed E-state index contributed by atoms with van der Waals surface area (Å²) in [6.07, 6.45) is 0.122. The number of fused-ring (bicyclic) bond motifs is 1. The summed E-state index contributed by atoms with van der Waals surface area (Å²) in [4.78, 5) is 43.1. The molecule has 1 aliphatic heterocycles. The van der Waals surface area contributed by atoms with Gasteiger partial charge in [0.15, 0.2) is 5.13 Å². The van der Waals surface area contributed by atoms with Gasteiger partial charge in [-0.1, -0.05) is 11.3 Å². The van der Waals surface area contributed by atoms with E-state index in [0.717, 1.165) is 22.7 Å². The minimum atomic E-state index is -0.886. The number of nitrogens with zero attached hydrogens (tertiary/aromatic N) is 2. The van der Waals surface area contributed by atoms with Crippen LogP contribution in [-0.2, 0) is 22.5 Å². The summed E-state index contributed by atoms with van der Waals surface area (Å²) >= 11 is 1.23. The van der Waals surface area contributed by atoms with Gasteiger partial charge in [-0.05, 0) is 32.9 Å². The largest absolute Gasteiger partial charge is 0.444 e. The average molecular weight is 452 g/mol. The van der Waals surface area contributed by atoms with Crippen molar-refractivity contribution in [1.82, 2.24) is 15.2 Å². The highest BCUT2D eigenvalue weighted by Crippen LogP contribution is 2.29. The molecule has 1 aromatic heterocycles. The molecule has 3 rings (SSSR count). The van der Waals surface area contributed by atoms with Crippen LogP contribution in [0.15, 0.2) is 18.2 Å². The number of rotatable bonds is 4. The number of anilines is 1. The molecule has 0 saturated carbocycles. The molecule has 8 nitrogen and oxygen atoms in total. The predicted octanol–water partition coefficient (Wildman–Crippen LogP) is 3.08. The van der Waals surface area contributed by atoms with E-state index in [2.05, 4.69) is 15.6 Å². The second-order valence-electron chi connectivity index (χ2n) is 7.93. The fourth-order valence-corrected chi connectivity index (χ4v) is 3.88. The van der Waals surface area contributed by atoms with Crippen LogP contribution in [0, 0.1) is 11.6 Å². The maximum atomic E-state index is 13.2. The van der Waals surface area contributed by atoms with E-state index in [1.165, 1.54) is 11.3 Å². The van der Waals surface area contributed by atoms with Gasteiger partial charge in [0.1, 0.15) is 17.2 Å². The molecule has 0 unspecified atom stereocenters. The summed E-state index contributed by atoms with van der Waals surface area (Å²) in [6.45, 7) is 5.78. The van der Waals surface area contributed by atoms with Gasteiger partial charge in [-0.15, -0.1) is 0 Å². The Bertz CT molecular complexity index is 999. The van der Waals surface area contributed by atoms with Gasteiger partial charge in [-0.2, -0.15) is 0 Å². The lowest BCUT2D eigenvalue weighted by Gasteiger charge is -2.29. The minimum absolute atomic E-state index is 0.225. The van der Waals surface area contributed by atoms with Crippen molar-refractivity contribution in [2.75, 3.05) is 18.4 Å². The van der Waals surface area contributed by atoms with Crippen molar-refractivity contribution >= 4 is 34.4 Å². The van der Waals surface area contributed by atoms with Crippen molar-refractivity contribution in [3.8, 4) is 0 Å². The fourth-order valence-electron chi connectivity index (χ4n) is 2.84. The topological polar surface area (TPSA) is 101 Å². The van der Waals surface area contributed by atoms with E-state index in [0.29, 0.717) is 30.7 Å². The molecule has 1 aliphatic rings. The van der Waals surface area contributed by atoms with Crippen LogP contribution in [0.5, 0.6) is 0 Å². The smallest absolute Gasteiger partial charge is 0.410 e. The molecule has 2 heterocycles. The average Bonchev–Trinajstić information content (AvgIpc) is 3.05. The lowest BCUT2D eigenvalue weighted by molar-refractivity contribution is -0.115. The van der Waals surface area contributed by atoms with Gasteiger partial charge in [-0.25, -0.2) is 18.6 Å². The molecular weight excluding hydrogens is 430 g/mol. The van der Waals surface area contributed by atoms with Gasteiger partial charge in [0.05, 0.1) is 18.8 Å². The molecule has 0 aliphatic carbocycles. The molecule has 31 heavy (non-hydrogen) atoms. The zero-order chi connectivity index (χ0) is 22.8. The zero-order valence-electron chi connectivity index (χ0n) is 17.3. The maximum absolute atomic E-state index is 13.2. The minimum Gasteiger partial charge on any atom is -0.444 e. The van der Waals surface area contributed by atoms with Gasteiger partial charge in [0.25, 0.3) is 5.91 Å². The third-order valence-corrected chi connectivity index (χ3v) is 5.16. The van der Waals surface area contributed by atoms with Gasteiger partial charge in [0, 0.05) is 29.5 Å². The second-order valence-corrected chi connectivity index (χ2v) is 9.01. The summed E-state index contributed by atoms with van der Waals surface area (Å²) in [5, 5.41) is 5.22.